The summed E-state index contributed by atoms with van der Waals surface area (Å²) in [6, 6.07) is 8.13. The maximum Gasteiger partial charge on any atom is 0.240 e. The number of likely N-dealkylation sites (tertiary alicyclic amines) is 1. The molecule has 1 aromatic rings. The van der Waals surface area contributed by atoms with Gasteiger partial charge in [-0.3, -0.25) is 24.6 Å². The number of rotatable bonds is 3. The first kappa shape index (κ1) is 10.9. The first-order valence-electron chi connectivity index (χ1n) is 5.64. The summed E-state index contributed by atoms with van der Waals surface area (Å²) < 4.78 is 0. The summed E-state index contributed by atoms with van der Waals surface area (Å²) in [4.78, 5) is 35.0. The lowest BCUT2D eigenvalue weighted by atomic mass is 10.2. The van der Waals surface area contributed by atoms with Crippen LogP contribution in [0.4, 0.5) is 0 Å². The lowest BCUT2D eigenvalue weighted by Crippen LogP contribution is -2.36. The van der Waals surface area contributed by atoms with Crippen LogP contribution in [0.5, 0.6) is 0 Å². The van der Waals surface area contributed by atoms with Gasteiger partial charge in [0.1, 0.15) is 11.8 Å². The smallest absolute Gasteiger partial charge is 0.240 e. The molecule has 0 bridgehead atoms. The SMILES string of the molecule is O=C1[C@@H]2C([N+](=O)[O-])[C@H]2C(=O)N1Cc1ccccc1. The number of nitrogens with zero attached hydrogens (tertiary/aromatic N) is 2. The number of piperidine rings is 1. The van der Waals surface area contributed by atoms with Crippen molar-refractivity contribution in [2.45, 2.75) is 12.6 Å². The van der Waals surface area contributed by atoms with E-state index >= 15 is 0 Å². The molecular weight excluding hydrogens is 236 g/mol. The molecular formula is C12H10N2O4. The Labute approximate surface area is 102 Å². The first-order chi connectivity index (χ1) is 8.61. The number of fused-ring (bicyclic) bond motifs is 1. The third kappa shape index (κ3) is 1.42. The zero-order valence-corrected chi connectivity index (χ0v) is 9.35. The van der Waals surface area contributed by atoms with Crippen LogP contribution in [0, 0.1) is 22.0 Å². The highest BCUT2D eigenvalue weighted by molar-refractivity contribution is 6.10. The second-order valence-corrected chi connectivity index (χ2v) is 4.58. The van der Waals surface area contributed by atoms with Crippen molar-refractivity contribution in [1.82, 2.24) is 4.90 Å². The molecule has 1 saturated carbocycles. The zero-order valence-electron chi connectivity index (χ0n) is 9.35. The fourth-order valence-corrected chi connectivity index (χ4v) is 2.55. The van der Waals surface area contributed by atoms with Crippen molar-refractivity contribution in [3.63, 3.8) is 0 Å². The van der Waals surface area contributed by atoms with Gasteiger partial charge in [-0.05, 0) is 5.56 Å². The molecule has 0 spiro atoms. The topological polar surface area (TPSA) is 80.5 Å². The number of hydrogen-bond acceptors (Lipinski definition) is 4. The minimum absolute atomic E-state index is 0.204. The highest BCUT2D eigenvalue weighted by Crippen LogP contribution is 2.49. The van der Waals surface area contributed by atoms with Gasteiger partial charge in [0.2, 0.25) is 17.9 Å². The number of nitro groups is 1. The molecule has 0 N–H and O–H groups in total. The van der Waals surface area contributed by atoms with Gasteiger partial charge in [-0.15, -0.1) is 0 Å². The van der Waals surface area contributed by atoms with Crippen LogP contribution in [-0.2, 0) is 16.1 Å². The van der Waals surface area contributed by atoms with Crippen LogP contribution in [0.15, 0.2) is 30.3 Å². The third-order valence-corrected chi connectivity index (χ3v) is 3.51. The molecule has 0 radical (unpaired) electrons. The Morgan fingerprint density at radius 1 is 1.11 bits per heavy atom. The molecule has 92 valence electrons. The van der Waals surface area contributed by atoms with Gasteiger partial charge in [-0.1, -0.05) is 30.3 Å². The summed E-state index contributed by atoms with van der Waals surface area (Å²) in [5.74, 6) is -2.27. The minimum atomic E-state index is -0.989. The summed E-state index contributed by atoms with van der Waals surface area (Å²) >= 11 is 0. The lowest BCUT2D eigenvalue weighted by Gasteiger charge is -2.16. The van der Waals surface area contributed by atoms with Crippen molar-refractivity contribution in [1.29, 1.82) is 0 Å². The molecule has 1 aliphatic carbocycles. The predicted molar refractivity (Wildman–Crippen MR) is 59.8 cm³/mol. The van der Waals surface area contributed by atoms with E-state index in [4.69, 9.17) is 0 Å². The molecule has 2 fully saturated rings. The number of benzene rings is 1. The van der Waals surface area contributed by atoms with Crippen LogP contribution in [0.1, 0.15) is 5.56 Å². The van der Waals surface area contributed by atoms with Crippen molar-refractivity contribution >= 4 is 11.8 Å². The second-order valence-electron chi connectivity index (χ2n) is 4.58. The van der Waals surface area contributed by atoms with E-state index in [2.05, 4.69) is 0 Å². The first-order valence-corrected chi connectivity index (χ1v) is 5.64. The van der Waals surface area contributed by atoms with Crippen LogP contribution in [0.3, 0.4) is 0 Å². The summed E-state index contributed by atoms with van der Waals surface area (Å²) in [5.41, 5.74) is 0.846. The Balaban J connectivity index is 1.76. The van der Waals surface area contributed by atoms with Crippen LogP contribution >= 0.6 is 0 Å². The van der Waals surface area contributed by atoms with E-state index in [0.717, 1.165) is 10.5 Å². The second kappa shape index (κ2) is 3.63. The van der Waals surface area contributed by atoms with Crippen molar-refractivity contribution in [2.24, 2.45) is 11.8 Å². The largest absolute Gasteiger partial charge is 0.277 e. The van der Waals surface area contributed by atoms with Gasteiger partial charge in [0.25, 0.3) is 0 Å². The quantitative estimate of drug-likeness (QED) is 0.440. The van der Waals surface area contributed by atoms with Gasteiger partial charge in [0.15, 0.2) is 0 Å². The van der Waals surface area contributed by atoms with Crippen LogP contribution in [0.25, 0.3) is 0 Å². The van der Waals surface area contributed by atoms with Gasteiger partial charge in [-0.2, -0.15) is 0 Å². The monoisotopic (exact) mass is 246 g/mol. The van der Waals surface area contributed by atoms with Crippen LogP contribution in [0.2, 0.25) is 0 Å². The highest BCUT2D eigenvalue weighted by Gasteiger charge is 2.75. The molecule has 1 saturated heterocycles. The Morgan fingerprint density at radius 3 is 2.17 bits per heavy atom. The van der Waals surface area contributed by atoms with E-state index in [0.29, 0.717) is 0 Å². The molecule has 2 amide bonds. The molecule has 2 atom stereocenters. The Kier molecular flexibility index (Phi) is 2.19. The van der Waals surface area contributed by atoms with E-state index in [9.17, 15) is 19.7 Å². The fourth-order valence-electron chi connectivity index (χ4n) is 2.55. The normalized spacial score (nSPS) is 29.3. The maximum atomic E-state index is 11.9. The minimum Gasteiger partial charge on any atom is -0.277 e. The van der Waals surface area contributed by atoms with Gasteiger partial charge < -0.3 is 0 Å². The van der Waals surface area contributed by atoms with Crippen molar-refractivity contribution in [3.8, 4) is 0 Å². The Bertz CT molecular complexity index is 520. The van der Waals surface area contributed by atoms with Crippen molar-refractivity contribution < 1.29 is 14.5 Å². The number of carbonyl (C=O) groups is 2. The number of amides is 2. The van der Waals surface area contributed by atoms with Crippen LogP contribution in [-0.4, -0.2) is 27.7 Å². The number of carbonyl (C=O) groups excluding carboxylic acids is 2. The molecule has 0 unspecified atom stereocenters. The molecule has 6 heteroatoms. The van der Waals surface area contributed by atoms with Crippen molar-refractivity contribution in [3.05, 3.63) is 46.0 Å². The molecule has 3 rings (SSSR count). The molecule has 6 nitrogen and oxygen atoms in total. The Hall–Kier alpha value is -2.24. The standard InChI is InChI=1S/C12H10N2O4/c15-11-8-9(10(8)14(17)18)12(16)13(11)6-7-4-2-1-3-5-7/h1-5,8-10H,6H2/t8-,9-/m0/s1. The predicted octanol–water partition coefficient (Wildman–Crippen LogP) is 0.447. The van der Waals surface area contributed by atoms with E-state index < -0.39 is 34.6 Å². The summed E-state index contributed by atoms with van der Waals surface area (Å²) in [5, 5.41) is 10.6. The number of imide groups is 1. The molecule has 18 heavy (non-hydrogen) atoms. The summed E-state index contributed by atoms with van der Waals surface area (Å²) in [6.45, 7) is 0.204. The molecule has 1 aromatic carbocycles. The molecule has 0 aromatic heterocycles. The number of hydrogen-bond donors (Lipinski definition) is 0. The van der Waals surface area contributed by atoms with Gasteiger partial charge in [-0.25, -0.2) is 0 Å². The summed E-state index contributed by atoms with van der Waals surface area (Å²) in [6.07, 6.45) is 0. The molecule has 1 heterocycles. The average molecular weight is 246 g/mol. The average Bonchev–Trinajstić information content (AvgIpc) is 3.05. The van der Waals surface area contributed by atoms with Crippen LogP contribution < -0.4 is 0 Å². The Morgan fingerprint density at radius 2 is 1.67 bits per heavy atom. The maximum absolute atomic E-state index is 11.9. The zero-order chi connectivity index (χ0) is 12.9. The molecule has 2 aliphatic rings. The summed E-state index contributed by atoms with van der Waals surface area (Å²) in [7, 11) is 0. The third-order valence-electron chi connectivity index (χ3n) is 3.51. The fraction of sp³-hybridized carbons (Fsp3) is 0.333. The molecule has 1 aliphatic heterocycles. The van der Waals surface area contributed by atoms with Gasteiger partial charge in [0, 0.05) is 4.92 Å². The van der Waals surface area contributed by atoms with Crippen molar-refractivity contribution in [2.75, 3.05) is 0 Å². The van der Waals surface area contributed by atoms with E-state index in [1.54, 1.807) is 0 Å². The van der Waals surface area contributed by atoms with Gasteiger partial charge in [0.05, 0.1) is 6.54 Å². The van der Waals surface area contributed by atoms with E-state index in [1.165, 1.54) is 0 Å². The lowest BCUT2D eigenvalue weighted by molar-refractivity contribution is -0.500. The van der Waals surface area contributed by atoms with E-state index in [-0.39, 0.29) is 6.54 Å². The van der Waals surface area contributed by atoms with E-state index in [1.807, 2.05) is 30.3 Å². The van der Waals surface area contributed by atoms with Gasteiger partial charge >= 0.3 is 0 Å². The highest BCUT2D eigenvalue weighted by atomic mass is 16.6.